The molecule has 1 saturated heterocycles. The number of carbonyl (C=O) groups is 1. The predicted octanol–water partition coefficient (Wildman–Crippen LogP) is 3.89. The highest BCUT2D eigenvalue weighted by molar-refractivity contribution is 5.86. The second-order valence-electron chi connectivity index (χ2n) is 8.50. The number of aromatic nitrogens is 1. The summed E-state index contributed by atoms with van der Waals surface area (Å²) in [7, 11) is 0. The summed E-state index contributed by atoms with van der Waals surface area (Å²) in [6, 6.07) is 13.6. The van der Waals surface area contributed by atoms with Gasteiger partial charge in [-0.15, -0.1) is 0 Å². The van der Waals surface area contributed by atoms with Crippen LogP contribution < -0.4 is 4.90 Å². The molecule has 1 aromatic heterocycles. The number of para-hydroxylation sites is 1. The van der Waals surface area contributed by atoms with E-state index in [1.807, 2.05) is 21.9 Å². The third-order valence-corrected chi connectivity index (χ3v) is 6.51. The van der Waals surface area contributed by atoms with Crippen molar-refractivity contribution in [2.45, 2.75) is 19.1 Å². The molecule has 3 aromatic rings. The maximum atomic E-state index is 13.0. The summed E-state index contributed by atoms with van der Waals surface area (Å²) in [5, 5.41) is 1.18. The number of anilines is 1. The molecule has 0 bridgehead atoms. The Morgan fingerprint density at radius 3 is 2.53 bits per heavy atom. The molecule has 2 aromatic carbocycles. The van der Waals surface area contributed by atoms with E-state index >= 15 is 0 Å². The van der Waals surface area contributed by atoms with Crippen LogP contribution >= 0.6 is 0 Å². The van der Waals surface area contributed by atoms with E-state index in [2.05, 4.69) is 22.0 Å². The van der Waals surface area contributed by atoms with Crippen molar-refractivity contribution in [3.63, 3.8) is 0 Å². The van der Waals surface area contributed by atoms with Gasteiger partial charge in [0.1, 0.15) is 0 Å². The predicted molar refractivity (Wildman–Crippen MR) is 118 cm³/mol. The van der Waals surface area contributed by atoms with Gasteiger partial charge < -0.3 is 14.8 Å². The van der Waals surface area contributed by atoms with Crippen LogP contribution in [0.15, 0.2) is 48.5 Å². The zero-order valence-corrected chi connectivity index (χ0v) is 17.7. The number of nitrogens with one attached hydrogen (secondary N) is 1. The minimum Gasteiger partial charge on any atom is -0.369 e. The van der Waals surface area contributed by atoms with Gasteiger partial charge in [-0.2, -0.15) is 13.2 Å². The number of hydrogen-bond donors (Lipinski definition) is 1. The highest BCUT2D eigenvalue weighted by Gasteiger charge is 2.31. The summed E-state index contributed by atoms with van der Waals surface area (Å²) in [4.78, 5) is 22.4. The fourth-order valence-electron chi connectivity index (χ4n) is 4.71. The normalized spacial score (nSPS) is 17.6. The van der Waals surface area contributed by atoms with Gasteiger partial charge in [0.2, 0.25) is 5.91 Å². The van der Waals surface area contributed by atoms with Gasteiger partial charge >= 0.3 is 6.18 Å². The first kappa shape index (κ1) is 20.9. The van der Waals surface area contributed by atoms with Crippen LogP contribution in [0.2, 0.25) is 0 Å². The summed E-state index contributed by atoms with van der Waals surface area (Å²) in [6.45, 7) is 4.14. The molecule has 5 rings (SSSR count). The quantitative estimate of drug-likeness (QED) is 0.669. The second kappa shape index (κ2) is 8.16. The third-order valence-electron chi connectivity index (χ3n) is 6.51. The molecule has 8 heteroatoms. The number of carbonyl (C=O) groups excluding carboxylic acids is 1. The van der Waals surface area contributed by atoms with Crippen molar-refractivity contribution in [2.75, 3.05) is 44.2 Å². The molecule has 32 heavy (non-hydrogen) atoms. The summed E-state index contributed by atoms with van der Waals surface area (Å²) >= 11 is 0. The van der Waals surface area contributed by atoms with E-state index in [9.17, 15) is 18.0 Å². The van der Waals surface area contributed by atoms with E-state index < -0.39 is 11.7 Å². The number of piperazine rings is 1. The molecule has 0 aliphatic carbocycles. The molecule has 1 fully saturated rings. The standard InChI is InChI=1S/C24H25F3N4O/c25-24(26,27)17-4-3-5-18(14-17)30-12-10-29(11-13-30)16-23(32)31-9-8-22-20(15-31)19-6-1-2-7-21(19)28-22/h1-7,14,28H,8-13,15-16H2. The van der Waals surface area contributed by atoms with E-state index in [0.29, 0.717) is 51.5 Å². The SMILES string of the molecule is O=C(CN1CCN(c2cccc(C(F)(F)F)c2)CC1)N1CCc2[nH]c3ccccc3c2C1. The lowest BCUT2D eigenvalue weighted by atomic mass is 10.0. The first-order valence-electron chi connectivity index (χ1n) is 10.9. The van der Waals surface area contributed by atoms with Crippen LogP contribution in [0.3, 0.4) is 0 Å². The fraction of sp³-hybridized carbons (Fsp3) is 0.375. The van der Waals surface area contributed by atoms with Crippen molar-refractivity contribution < 1.29 is 18.0 Å². The molecule has 2 aliphatic rings. The Morgan fingerprint density at radius 2 is 1.75 bits per heavy atom. The minimum atomic E-state index is -4.34. The zero-order chi connectivity index (χ0) is 22.3. The first-order chi connectivity index (χ1) is 15.4. The monoisotopic (exact) mass is 442 g/mol. The van der Waals surface area contributed by atoms with Gasteiger partial charge in [0, 0.05) is 73.5 Å². The van der Waals surface area contributed by atoms with Gasteiger partial charge in [0.25, 0.3) is 0 Å². The molecule has 2 aliphatic heterocycles. The molecule has 1 amide bonds. The molecule has 0 radical (unpaired) electrons. The van der Waals surface area contributed by atoms with Crippen molar-refractivity contribution in [3.8, 4) is 0 Å². The van der Waals surface area contributed by atoms with Gasteiger partial charge in [-0.05, 0) is 24.3 Å². The van der Waals surface area contributed by atoms with Gasteiger partial charge in [0.05, 0.1) is 12.1 Å². The van der Waals surface area contributed by atoms with Crippen molar-refractivity contribution in [1.29, 1.82) is 0 Å². The van der Waals surface area contributed by atoms with Crippen molar-refractivity contribution in [2.24, 2.45) is 0 Å². The number of hydrogen-bond acceptors (Lipinski definition) is 3. The largest absolute Gasteiger partial charge is 0.416 e. The van der Waals surface area contributed by atoms with Crippen molar-refractivity contribution >= 4 is 22.5 Å². The van der Waals surface area contributed by atoms with Crippen LogP contribution in [0.4, 0.5) is 18.9 Å². The minimum absolute atomic E-state index is 0.105. The first-order valence-corrected chi connectivity index (χ1v) is 10.9. The summed E-state index contributed by atoms with van der Waals surface area (Å²) in [5.41, 5.74) is 3.47. The van der Waals surface area contributed by atoms with Gasteiger partial charge in [-0.25, -0.2) is 0 Å². The Balaban J connectivity index is 1.18. The van der Waals surface area contributed by atoms with E-state index in [1.165, 1.54) is 28.8 Å². The van der Waals surface area contributed by atoms with Crippen molar-refractivity contribution in [3.05, 3.63) is 65.4 Å². The molecule has 168 valence electrons. The Hall–Kier alpha value is -3.00. The van der Waals surface area contributed by atoms with E-state index in [-0.39, 0.29) is 5.91 Å². The molecular weight excluding hydrogens is 417 g/mol. The number of H-pyrrole nitrogens is 1. The average molecular weight is 442 g/mol. The number of aromatic amines is 1. The molecule has 1 N–H and O–H groups in total. The zero-order valence-electron chi connectivity index (χ0n) is 17.7. The van der Waals surface area contributed by atoms with Gasteiger partial charge in [-0.3, -0.25) is 9.69 Å². The number of benzene rings is 2. The fourth-order valence-corrected chi connectivity index (χ4v) is 4.71. The number of alkyl halides is 3. The van der Waals surface area contributed by atoms with E-state index in [0.717, 1.165) is 18.0 Å². The lowest BCUT2D eigenvalue weighted by Gasteiger charge is -2.37. The summed E-state index contributed by atoms with van der Waals surface area (Å²) in [5.74, 6) is 0.105. The topological polar surface area (TPSA) is 42.6 Å². The molecule has 0 saturated carbocycles. The Labute approximate surface area is 184 Å². The summed E-state index contributed by atoms with van der Waals surface area (Å²) in [6.07, 6.45) is -3.53. The van der Waals surface area contributed by atoms with Crippen LogP contribution in [-0.4, -0.2) is 60.0 Å². The Bertz CT molecular complexity index is 1130. The molecule has 0 spiro atoms. The lowest BCUT2D eigenvalue weighted by Crippen LogP contribution is -2.50. The summed E-state index contributed by atoms with van der Waals surface area (Å²) < 4.78 is 39.0. The smallest absolute Gasteiger partial charge is 0.369 e. The van der Waals surface area contributed by atoms with Crippen LogP contribution in [0.5, 0.6) is 0 Å². The number of rotatable bonds is 3. The Morgan fingerprint density at radius 1 is 0.969 bits per heavy atom. The molecule has 5 nitrogen and oxygen atoms in total. The number of fused-ring (bicyclic) bond motifs is 3. The number of amides is 1. The van der Waals surface area contributed by atoms with Crippen LogP contribution in [0.1, 0.15) is 16.8 Å². The Kier molecular flexibility index (Phi) is 5.33. The number of halogens is 3. The molecule has 0 unspecified atom stereocenters. The molecule has 0 atom stereocenters. The van der Waals surface area contributed by atoms with Crippen LogP contribution in [-0.2, 0) is 23.9 Å². The maximum absolute atomic E-state index is 13.0. The van der Waals surface area contributed by atoms with E-state index in [1.54, 1.807) is 6.07 Å². The van der Waals surface area contributed by atoms with Gasteiger partial charge in [-0.1, -0.05) is 24.3 Å². The van der Waals surface area contributed by atoms with E-state index in [4.69, 9.17) is 0 Å². The van der Waals surface area contributed by atoms with Crippen LogP contribution in [0, 0.1) is 0 Å². The number of nitrogens with zero attached hydrogens (tertiary/aromatic N) is 3. The third kappa shape index (κ3) is 4.07. The molecular formula is C24H25F3N4O. The maximum Gasteiger partial charge on any atom is 0.416 e. The second-order valence-corrected chi connectivity index (χ2v) is 8.50. The van der Waals surface area contributed by atoms with Crippen LogP contribution in [0.25, 0.3) is 10.9 Å². The highest BCUT2D eigenvalue weighted by atomic mass is 19.4. The lowest BCUT2D eigenvalue weighted by molar-refractivity contribution is -0.137. The molecule has 3 heterocycles. The van der Waals surface area contributed by atoms with Gasteiger partial charge in [0.15, 0.2) is 0 Å². The average Bonchev–Trinajstić information content (AvgIpc) is 3.17. The van der Waals surface area contributed by atoms with Crippen molar-refractivity contribution in [1.82, 2.24) is 14.8 Å². The highest BCUT2D eigenvalue weighted by Crippen LogP contribution is 2.32.